The van der Waals surface area contributed by atoms with Crippen molar-refractivity contribution < 1.29 is 0 Å². The van der Waals surface area contributed by atoms with Crippen LogP contribution in [-0.4, -0.2) is 0 Å². The Labute approximate surface area is 304 Å². The molecule has 240 valence electrons. The van der Waals surface area contributed by atoms with Gasteiger partial charge in [0, 0.05) is 57.4 Å². The van der Waals surface area contributed by atoms with Crippen LogP contribution >= 0.6 is 22.7 Å². The first-order valence-corrected chi connectivity index (χ1v) is 18.9. The van der Waals surface area contributed by atoms with Crippen LogP contribution < -0.4 is 4.90 Å². The molecule has 10 aromatic rings. The molecule has 0 N–H and O–H groups in total. The number of fused-ring (bicyclic) bond motifs is 7. The van der Waals surface area contributed by atoms with Crippen LogP contribution in [0.2, 0.25) is 0 Å². The Morgan fingerprint density at radius 1 is 0.314 bits per heavy atom. The highest BCUT2D eigenvalue weighted by atomic mass is 32.1. The molecule has 0 amide bonds. The fourth-order valence-corrected chi connectivity index (χ4v) is 9.91. The van der Waals surface area contributed by atoms with Crippen LogP contribution in [0.5, 0.6) is 0 Å². The van der Waals surface area contributed by atoms with Crippen molar-refractivity contribution in [3.05, 3.63) is 188 Å². The van der Waals surface area contributed by atoms with Gasteiger partial charge in [0.25, 0.3) is 0 Å². The average Bonchev–Trinajstić information content (AvgIpc) is 3.78. The maximum Gasteiger partial charge on any atom is 0.0467 e. The smallest absolute Gasteiger partial charge is 0.0467 e. The molecule has 10 rings (SSSR count). The van der Waals surface area contributed by atoms with Gasteiger partial charge in [-0.15, -0.1) is 22.7 Å². The average molecular weight is 686 g/mol. The second kappa shape index (κ2) is 12.4. The summed E-state index contributed by atoms with van der Waals surface area (Å²) in [6, 6.07) is 68.3. The first-order valence-electron chi connectivity index (χ1n) is 17.3. The summed E-state index contributed by atoms with van der Waals surface area (Å²) in [5, 5.41) is 5.42. The Kier molecular flexibility index (Phi) is 7.26. The quantitative estimate of drug-likeness (QED) is 0.168. The Hall–Kier alpha value is -6.00. The molecule has 0 atom stereocenters. The second-order valence-corrected chi connectivity index (χ2v) is 15.0. The van der Waals surface area contributed by atoms with Gasteiger partial charge in [0.1, 0.15) is 0 Å². The maximum absolute atomic E-state index is 2.37. The van der Waals surface area contributed by atoms with E-state index in [1.807, 2.05) is 22.7 Å². The monoisotopic (exact) mass is 685 g/mol. The minimum absolute atomic E-state index is 1.12. The molecule has 0 bridgehead atoms. The molecule has 0 saturated heterocycles. The third kappa shape index (κ3) is 5.21. The lowest BCUT2D eigenvalue weighted by Gasteiger charge is -2.26. The maximum atomic E-state index is 2.37. The molecule has 0 spiro atoms. The lowest BCUT2D eigenvalue weighted by molar-refractivity contribution is 1.28. The zero-order valence-electron chi connectivity index (χ0n) is 27.7. The predicted molar refractivity (Wildman–Crippen MR) is 223 cm³/mol. The Morgan fingerprint density at radius 3 is 1.63 bits per heavy atom. The van der Waals surface area contributed by atoms with E-state index in [1.54, 1.807) is 0 Å². The SMILES string of the molecule is c1ccc(-c2ccc(N(c3ccc(-c4cccc5sc6ccc7c8ccccc8sc7c6c45)cc3)c3cccc(-c4ccccc4)c3)cc2)cc1. The molecule has 0 aliphatic rings. The van der Waals surface area contributed by atoms with E-state index in [2.05, 4.69) is 193 Å². The fourth-order valence-electron chi connectivity index (χ4n) is 7.45. The second-order valence-electron chi connectivity index (χ2n) is 12.9. The van der Waals surface area contributed by atoms with Crippen LogP contribution in [0.4, 0.5) is 17.1 Å². The van der Waals surface area contributed by atoms with E-state index in [-0.39, 0.29) is 0 Å². The standard InChI is InChI=1S/C48H31NS2/c1-3-11-32(12-4-1)34-21-25-37(26-22-34)49(39-16-9-15-36(31-39)33-13-5-2-6-14-33)38-27-23-35(24-28-38)40-18-10-20-44-46(40)47-45(50-44)30-29-42-41-17-7-8-19-43(41)51-48(42)47/h1-31H. The molecule has 51 heavy (non-hydrogen) atoms. The summed E-state index contributed by atoms with van der Waals surface area (Å²) in [7, 11) is 0. The van der Waals surface area contributed by atoms with Gasteiger partial charge in [-0.2, -0.15) is 0 Å². The summed E-state index contributed by atoms with van der Waals surface area (Å²) in [4.78, 5) is 2.37. The molecule has 2 aromatic heterocycles. The largest absolute Gasteiger partial charge is 0.310 e. The zero-order chi connectivity index (χ0) is 33.7. The third-order valence-electron chi connectivity index (χ3n) is 9.89. The van der Waals surface area contributed by atoms with Gasteiger partial charge >= 0.3 is 0 Å². The summed E-state index contributed by atoms with van der Waals surface area (Å²) >= 11 is 3.81. The number of hydrogen-bond donors (Lipinski definition) is 0. The Bertz CT molecular complexity index is 2830. The summed E-state index contributed by atoms with van der Waals surface area (Å²) in [6.45, 7) is 0. The van der Waals surface area contributed by atoms with E-state index in [4.69, 9.17) is 0 Å². The van der Waals surface area contributed by atoms with Crippen LogP contribution in [-0.2, 0) is 0 Å². The molecular formula is C48H31NS2. The van der Waals surface area contributed by atoms with E-state index in [0.29, 0.717) is 0 Å². The molecule has 0 aliphatic heterocycles. The fraction of sp³-hybridized carbons (Fsp3) is 0. The highest BCUT2D eigenvalue weighted by molar-refractivity contribution is 7.29. The highest BCUT2D eigenvalue weighted by Crippen LogP contribution is 2.47. The zero-order valence-corrected chi connectivity index (χ0v) is 29.3. The van der Waals surface area contributed by atoms with Crippen molar-refractivity contribution in [3.63, 3.8) is 0 Å². The number of thiophene rings is 2. The molecule has 0 radical (unpaired) electrons. The number of nitrogens with zero attached hydrogens (tertiary/aromatic N) is 1. The van der Waals surface area contributed by atoms with Crippen molar-refractivity contribution in [2.75, 3.05) is 4.90 Å². The van der Waals surface area contributed by atoms with Crippen molar-refractivity contribution in [1.82, 2.24) is 0 Å². The first-order chi connectivity index (χ1) is 25.3. The molecule has 8 aromatic carbocycles. The van der Waals surface area contributed by atoms with Gasteiger partial charge in [-0.1, -0.05) is 133 Å². The van der Waals surface area contributed by atoms with Gasteiger partial charge in [-0.05, 0) is 88.0 Å². The van der Waals surface area contributed by atoms with E-state index >= 15 is 0 Å². The van der Waals surface area contributed by atoms with E-state index in [9.17, 15) is 0 Å². The van der Waals surface area contributed by atoms with Crippen LogP contribution in [0.1, 0.15) is 0 Å². The highest BCUT2D eigenvalue weighted by Gasteiger charge is 2.18. The molecule has 3 heteroatoms. The van der Waals surface area contributed by atoms with Crippen molar-refractivity contribution in [1.29, 1.82) is 0 Å². The van der Waals surface area contributed by atoms with Crippen LogP contribution in [0.25, 0.3) is 73.7 Å². The molecule has 0 aliphatic carbocycles. The van der Waals surface area contributed by atoms with Crippen molar-refractivity contribution >= 4 is 80.1 Å². The van der Waals surface area contributed by atoms with Crippen LogP contribution in [0, 0.1) is 0 Å². The number of benzene rings is 8. The minimum Gasteiger partial charge on any atom is -0.310 e. The third-order valence-corrected chi connectivity index (χ3v) is 12.2. The van der Waals surface area contributed by atoms with Gasteiger partial charge in [-0.3, -0.25) is 0 Å². The van der Waals surface area contributed by atoms with Gasteiger partial charge < -0.3 is 4.90 Å². The van der Waals surface area contributed by atoms with Crippen LogP contribution in [0.15, 0.2) is 188 Å². The molecule has 1 nitrogen and oxygen atoms in total. The molecule has 2 heterocycles. The predicted octanol–water partition coefficient (Wildman–Crippen LogP) is 14.9. The van der Waals surface area contributed by atoms with E-state index < -0.39 is 0 Å². The lowest BCUT2D eigenvalue weighted by Crippen LogP contribution is -2.10. The minimum atomic E-state index is 1.12. The summed E-state index contributed by atoms with van der Waals surface area (Å²) in [6.07, 6.45) is 0. The van der Waals surface area contributed by atoms with E-state index in [0.717, 1.165) is 17.1 Å². The van der Waals surface area contributed by atoms with Crippen LogP contribution in [0.3, 0.4) is 0 Å². The number of rotatable bonds is 6. The lowest BCUT2D eigenvalue weighted by atomic mass is 9.98. The number of hydrogen-bond acceptors (Lipinski definition) is 3. The molecule has 0 saturated carbocycles. The molecule has 0 fully saturated rings. The van der Waals surface area contributed by atoms with E-state index in [1.165, 1.54) is 73.7 Å². The summed E-state index contributed by atoms with van der Waals surface area (Å²) in [5.74, 6) is 0. The Morgan fingerprint density at radius 2 is 0.882 bits per heavy atom. The van der Waals surface area contributed by atoms with Crippen molar-refractivity contribution in [2.45, 2.75) is 0 Å². The topological polar surface area (TPSA) is 3.24 Å². The van der Waals surface area contributed by atoms with Crippen molar-refractivity contribution in [2.24, 2.45) is 0 Å². The van der Waals surface area contributed by atoms with Crippen molar-refractivity contribution in [3.8, 4) is 33.4 Å². The molecular weight excluding hydrogens is 655 g/mol. The summed E-state index contributed by atoms with van der Waals surface area (Å²) in [5.41, 5.74) is 10.7. The number of anilines is 3. The van der Waals surface area contributed by atoms with Gasteiger partial charge in [0.05, 0.1) is 0 Å². The first kappa shape index (κ1) is 29.9. The Balaban J connectivity index is 1.10. The summed E-state index contributed by atoms with van der Waals surface area (Å²) < 4.78 is 5.40. The molecule has 0 unspecified atom stereocenters. The van der Waals surface area contributed by atoms with Gasteiger partial charge in [0.2, 0.25) is 0 Å². The normalized spacial score (nSPS) is 11.5. The van der Waals surface area contributed by atoms with Gasteiger partial charge in [0.15, 0.2) is 0 Å². The van der Waals surface area contributed by atoms with Gasteiger partial charge in [-0.25, -0.2) is 0 Å².